The Balaban J connectivity index is 0.00000264. The third kappa shape index (κ3) is 7.50. The third-order valence-electron chi connectivity index (χ3n) is 4.65. The number of nitrogens with one attached hydrogen (secondary N) is 1. The SMILES string of the molecule is Cl.NC(=O)CN(CCC1CCCCC1)C(=O)CC1COCCN1. The molecule has 2 aliphatic rings. The van der Waals surface area contributed by atoms with E-state index in [1.807, 2.05) is 0 Å². The molecule has 0 aromatic heterocycles. The predicted octanol–water partition coefficient (Wildman–Crippen LogP) is 1.07. The normalized spacial score (nSPS) is 22.2. The van der Waals surface area contributed by atoms with E-state index in [-0.39, 0.29) is 30.9 Å². The van der Waals surface area contributed by atoms with Crippen molar-refractivity contribution in [1.82, 2.24) is 10.2 Å². The molecule has 0 spiro atoms. The average molecular weight is 348 g/mol. The summed E-state index contributed by atoms with van der Waals surface area (Å²) in [5.41, 5.74) is 5.30. The van der Waals surface area contributed by atoms with Gasteiger partial charge in [0.1, 0.15) is 0 Å². The van der Waals surface area contributed by atoms with Gasteiger partial charge >= 0.3 is 0 Å². The molecule has 1 heterocycles. The lowest BCUT2D eigenvalue weighted by molar-refractivity contribution is -0.136. The second-order valence-electron chi connectivity index (χ2n) is 6.50. The third-order valence-corrected chi connectivity index (χ3v) is 4.65. The molecule has 1 aliphatic heterocycles. The first-order chi connectivity index (χ1) is 10.6. The van der Waals surface area contributed by atoms with Gasteiger partial charge in [-0.1, -0.05) is 32.1 Å². The average Bonchev–Trinajstić information content (AvgIpc) is 2.53. The van der Waals surface area contributed by atoms with Crippen LogP contribution in [0.15, 0.2) is 0 Å². The summed E-state index contributed by atoms with van der Waals surface area (Å²) in [4.78, 5) is 25.3. The molecule has 1 saturated heterocycles. The molecule has 2 rings (SSSR count). The number of primary amides is 1. The summed E-state index contributed by atoms with van der Waals surface area (Å²) < 4.78 is 5.37. The van der Waals surface area contributed by atoms with Gasteiger partial charge in [-0.05, 0) is 12.3 Å². The highest BCUT2D eigenvalue weighted by atomic mass is 35.5. The maximum Gasteiger partial charge on any atom is 0.237 e. The Morgan fingerprint density at radius 2 is 1.96 bits per heavy atom. The van der Waals surface area contributed by atoms with Crippen LogP contribution in [-0.2, 0) is 14.3 Å². The van der Waals surface area contributed by atoms with Gasteiger partial charge in [0.2, 0.25) is 11.8 Å². The van der Waals surface area contributed by atoms with Crippen molar-refractivity contribution in [1.29, 1.82) is 0 Å². The zero-order chi connectivity index (χ0) is 15.8. The molecule has 1 unspecified atom stereocenters. The van der Waals surface area contributed by atoms with Crippen molar-refractivity contribution in [3.05, 3.63) is 0 Å². The fourth-order valence-electron chi connectivity index (χ4n) is 3.38. The number of ether oxygens (including phenoxy) is 1. The fourth-order valence-corrected chi connectivity index (χ4v) is 3.38. The second kappa shape index (κ2) is 10.8. The van der Waals surface area contributed by atoms with Gasteiger partial charge in [0.05, 0.1) is 19.8 Å². The molecule has 0 aromatic carbocycles. The van der Waals surface area contributed by atoms with Gasteiger partial charge in [0, 0.05) is 25.6 Å². The van der Waals surface area contributed by atoms with E-state index < -0.39 is 5.91 Å². The zero-order valence-corrected chi connectivity index (χ0v) is 14.6. The number of hydrogen-bond acceptors (Lipinski definition) is 4. The molecular formula is C16H30ClN3O3. The molecule has 1 saturated carbocycles. The lowest BCUT2D eigenvalue weighted by Gasteiger charge is -2.29. The lowest BCUT2D eigenvalue weighted by Crippen LogP contribution is -2.47. The fraction of sp³-hybridized carbons (Fsp3) is 0.875. The van der Waals surface area contributed by atoms with Crippen molar-refractivity contribution >= 4 is 24.2 Å². The van der Waals surface area contributed by atoms with Crippen LogP contribution >= 0.6 is 12.4 Å². The number of hydrogen-bond donors (Lipinski definition) is 2. The Morgan fingerprint density at radius 1 is 1.22 bits per heavy atom. The first-order valence-corrected chi connectivity index (χ1v) is 8.52. The van der Waals surface area contributed by atoms with E-state index in [0.717, 1.165) is 13.0 Å². The van der Waals surface area contributed by atoms with Gasteiger partial charge in [-0.25, -0.2) is 0 Å². The highest BCUT2D eigenvalue weighted by Gasteiger charge is 2.23. The number of amides is 2. The summed E-state index contributed by atoms with van der Waals surface area (Å²) in [6, 6.07) is 0.0475. The largest absolute Gasteiger partial charge is 0.378 e. The van der Waals surface area contributed by atoms with Crippen LogP contribution in [0.3, 0.4) is 0 Å². The molecule has 0 bridgehead atoms. The predicted molar refractivity (Wildman–Crippen MR) is 91.4 cm³/mol. The number of morpholine rings is 1. The molecule has 2 amide bonds. The van der Waals surface area contributed by atoms with Crippen molar-refractivity contribution in [2.45, 2.75) is 51.0 Å². The molecule has 134 valence electrons. The Morgan fingerprint density at radius 3 is 2.57 bits per heavy atom. The number of halogens is 1. The highest BCUT2D eigenvalue weighted by Crippen LogP contribution is 2.26. The summed E-state index contributed by atoms with van der Waals surface area (Å²) in [7, 11) is 0. The highest BCUT2D eigenvalue weighted by molar-refractivity contribution is 5.85. The Labute approximate surface area is 144 Å². The maximum absolute atomic E-state index is 12.4. The van der Waals surface area contributed by atoms with Crippen LogP contribution in [0.25, 0.3) is 0 Å². The van der Waals surface area contributed by atoms with Crippen molar-refractivity contribution in [2.24, 2.45) is 11.7 Å². The van der Waals surface area contributed by atoms with Gasteiger partial charge in [-0.15, -0.1) is 12.4 Å². The molecule has 6 nitrogen and oxygen atoms in total. The Kier molecular flexibility index (Phi) is 9.52. The standard InChI is InChI=1S/C16H29N3O3.ClH/c17-15(20)11-19(8-6-13-4-2-1-3-5-13)16(21)10-14-12-22-9-7-18-14;/h13-14,18H,1-12H2,(H2,17,20);1H. The van der Waals surface area contributed by atoms with Crippen LogP contribution in [0.2, 0.25) is 0 Å². The van der Waals surface area contributed by atoms with Gasteiger partial charge in [0.25, 0.3) is 0 Å². The van der Waals surface area contributed by atoms with E-state index in [4.69, 9.17) is 10.5 Å². The van der Waals surface area contributed by atoms with E-state index in [9.17, 15) is 9.59 Å². The van der Waals surface area contributed by atoms with Crippen LogP contribution < -0.4 is 11.1 Å². The van der Waals surface area contributed by atoms with Gasteiger partial charge < -0.3 is 20.7 Å². The lowest BCUT2D eigenvalue weighted by atomic mass is 9.87. The van der Waals surface area contributed by atoms with E-state index in [0.29, 0.717) is 32.1 Å². The monoisotopic (exact) mass is 347 g/mol. The number of carbonyl (C=O) groups is 2. The van der Waals surface area contributed by atoms with Gasteiger partial charge in [-0.3, -0.25) is 9.59 Å². The topological polar surface area (TPSA) is 84.7 Å². The quantitative estimate of drug-likeness (QED) is 0.721. The van der Waals surface area contributed by atoms with Crippen molar-refractivity contribution in [3.63, 3.8) is 0 Å². The molecule has 23 heavy (non-hydrogen) atoms. The van der Waals surface area contributed by atoms with Crippen LogP contribution in [-0.4, -0.2) is 55.6 Å². The molecule has 2 fully saturated rings. The summed E-state index contributed by atoms with van der Waals surface area (Å²) in [5.74, 6) is 0.246. The molecular weight excluding hydrogens is 318 g/mol. The second-order valence-corrected chi connectivity index (χ2v) is 6.50. The van der Waals surface area contributed by atoms with Crippen LogP contribution in [0, 0.1) is 5.92 Å². The number of rotatable bonds is 7. The molecule has 1 atom stereocenters. The summed E-state index contributed by atoms with van der Waals surface area (Å²) in [6.07, 6.45) is 7.75. The summed E-state index contributed by atoms with van der Waals surface area (Å²) in [5, 5.41) is 3.27. The number of nitrogens with two attached hydrogens (primary N) is 1. The molecule has 3 N–H and O–H groups in total. The van der Waals surface area contributed by atoms with Gasteiger partial charge in [0.15, 0.2) is 0 Å². The number of nitrogens with zero attached hydrogens (tertiary/aromatic N) is 1. The zero-order valence-electron chi connectivity index (χ0n) is 13.8. The number of carbonyl (C=O) groups excluding carboxylic acids is 2. The molecule has 0 aromatic rings. The maximum atomic E-state index is 12.4. The van der Waals surface area contributed by atoms with E-state index in [2.05, 4.69) is 5.32 Å². The molecule has 7 heteroatoms. The first-order valence-electron chi connectivity index (χ1n) is 8.52. The Bertz CT molecular complexity index is 370. The molecule has 1 aliphatic carbocycles. The van der Waals surface area contributed by atoms with Gasteiger partial charge in [-0.2, -0.15) is 0 Å². The van der Waals surface area contributed by atoms with Crippen LogP contribution in [0.5, 0.6) is 0 Å². The van der Waals surface area contributed by atoms with Crippen LogP contribution in [0.4, 0.5) is 0 Å². The first kappa shape index (κ1) is 20.2. The van der Waals surface area contributed by atoms with Crippen molar-refractivity contribution in [3.8, 4) is 0 Å². The summed E-state index contributed by atoms with van der Waals surface area (Å²) in [6.45, 7) is 2.69. The van der Waals surface area contributed by atoms with E-state index in [1.165, 1.54) is 32.1 Å². The van der Waals surface area contributed by atoms with E-state index in [1.54, 1.807) is 4.90 Å². The smallest absolute Gasteiger partial charge is 0.237 e. The molecule has 0 radical (unpaired) electrons. The summed E-state index contributed by atoms with van der Waals surface area (Å²) >= 11 is 0. The van der Waals surface area contributed by atoms with Crippen molar-refractivity contribution < 1.29 is 14.3 Å². The van der Waals surface area contributed by atoms with Crippen LogP contribution in [0.1, 0.15) is 44.9 Å². The minimum atomic E-state index is -0.440. The minimum Gasteiger partial charge on any atom is -0.378 e. The van der Waals surface area contributed by atoms with Crippen molar-refractivity contribution in [2.75, 3.05) is 32.8 Å². The Hall–Kier alpha value is -0.850. The minimum absolute atomic E-state index is 0. The van der Waals surface area contributed by atoms with E-state index >= 15 is 0 Å².